The van der Waals surface area contributed by atoms with Gasteiger partial charge in [-0.2, -0.15) is 10.4 Å². The fraction of sp³-hybridized carbons (Fsp3) is 0.0625. The standard InChI is InChI=1S/C16H11N3O2/c17-8-11-4-6-12(7-5-11)10-19-15-3-1-2-13(16(20)21)14(15)9-18-19/h1-7,9H,10H2,(H,20,21). The van der Waals surface area contributed by atoms with Gasteiger partial charge in [0.25, 0.3) is 0 Å². The quantitative estimate of drug-likeness (QED) is 0.798. The molecule has 3 aromatic rings. The lowest BCUT2D eigenvalue weighted by Gasteiger charge is -2.04. The number of carboxylic acid groups (broad SMARTS) is 1. The minimum atomic E-state index is -0.960. The molecule has 0 aliphatic rings. The molecule has 0 unspecified atom stereocenters. The van der Waals surface area contributed by atoms with Crippen LogP contribution in [0.1, 0.15) is 21.5 Å². The molecule has 5 nitrogen and oxygen atoms in total. The van der Waals surface area contributed by atoms with Gasteiger partial charge in [0.05, 0.1) is 35.5 Å². The molecule has 2 aromatic carbocycles. The SMILES string of the molecule is N#Cc1ccc(Cn2ncc3c(C(=O)O)cccc32)cc1. The molecule has 5 heteroatoms. The number of benzene rings is 2. The van der Waals surface area contributed by atoms with Gasteiger partial charge in [-0.25, -0.2) is 4.79 Å². The molecule has 21 heavy (non-hydrogen) atoms. The second-order valence-corrected chi connectivity index (χ2v) is 4.65. The molecule has 0 fully saturated rings. The number of hydrogen-bond acceptors (Lipinski definition) is 3. The van der Waals surface area contributed by atoms with Crippen LogP contribution in [0.25, 0.3) is 10.9 Å². The summed E-state index contributed by atoms with van der Waals surface area (Å²) in [6.07, 6.45) is 1.57. The van der Waals surface area contributed by atoms with Crippen LogP contribution in [-0.4, -0.2) is 20.9 Å². The van der Waals surface area contributed by atoms with Crippen molar-refractivity contribution in [2.24, 2.45) is 0 Å². The van der Waals surface area contributed by atoms with Crippen molar-refractivity contribution in [1.82, 2.24) is 9.78 Å². The zero-order valence-electron chi connectivity index (χ0n) is 11.0. The summed E-state index contributed by atoms with van der Waals surface area (Å²) in [5, 5.41) is 22.8. The van der Waals surface area contributed by atoms with Crippen molar-refractivity contribution in [3.8, 4) is 6.07 Å². The summed E-state index contributed by atoms with van der Waals surface area (Å²) in [4.78, 5) is 11.2. The number of nitrogens with zero attached hydrogens (tertiary/aromatic N) is 3. The normalized spacial score (nSPS) is 10.4. The van der Waals surface area contributed by atoms with E-state index in [1.54, 1.807) is 35.1 Å². The molecule has 0 radical (unpaired) electrons. The fourth-order valence-corrected chi connectivity index (χ4v) is 2.27. The van der Waals surface area contributed by atoms with Gasteiger partial charge in [-0.05, 0) is 29.8 Å². The minimum absolute atomic E-state index is 0.249. The second kappa shape index (κ2) is 5.10. The molecule has 0 bridgehead atoms. The first-order chi connectivity index (χ1) is 10.2. The Balaban J connectivity index is 1.99. The molecule has 0 atom stereocenters. The van der Waals surface area contributed by atoms with Gasteiger partial charge in [-0.3, -0.25) is 4.68 Å². The van der Waals surface area contributed by atoms with E-state index in [4.69, 9.17) is 5.26 Å². The Morgan fingerprint density at radius 3 is 2.67 bits per heavy atom. The first-order valence-electron chi connectivity index (χ1n) is 6.36. The second-order valence-electron chi connectivity index (χ2n) is 4.65. The van der Waals surface area contributed by atoms with E-state index in [0.717, 1.165) is 11.1 Å². The van der Waals surface area contributed by atoms with Gasteiger partial charge in [-0.1, -0.05) is 18.2 Å². The van der Waals surface area contributed by atoms with Gasteiger partial charge in [0, 0.05) is 5.39 Å². The van der Waals surface area contributed by atoms with Crippen LogP contribution in [0.5, 0.6) is 0 Å². The Labute approximate surface area is 120 Å². The van der Waals surface area contributed by atoms with Crippen LogP contribution >= 0.6 is 0 Å². The van der Waals surface area contributed by atoms with Crippen LogP contribution in [0.15, 0.2) is 48.7 Å². The van der Waals surface area contributed by atoms with Crippen LogP contribution in [-0.2, 0) is 6.54 Å². The largest absolute Gasteiger partial charge is 0.478 e. The van der Waals surface area contributed by atoms with Crippen LogP contribution < -0.4 is 0 Å². The predicted molar refractivity (Wildman–Crippen MR) is 77.0 cm³/mol. The topological polar surface area (TPSA) is 78.9 Å². The van der Waals surface area contributed by atoms with Gasteiger partial charge in [0.2, 0.25) is 0 Å². The number of carbonyl (C=O) groups is 1. The summed E-state index contributed by atoms with van der Waals surface area (Å²) in [7, 11) is 0. The molecule has 102 valence electrons. The highest BCUT2D eigenvalue weighted by atomic mass is 16.4. The van der Waals surface area contributed by atoms with E-state index < -0.39 is 5.97 Å². The maximum absolute atomic E-state index is 11.2. The van der Waals surface area contributed by atoms with Crippen molar-refractivity contribution in [3.63, 3.8) is 0 Å². The van der Waals surface area contributed by atoms with Crippen molar-refractivity contribution in [1.29, 1.82) is 5.26 Å². The third-order valence-corrected chi connectivity index (χ3v) is 3.33. The summed E-state index contributed by atoms with van der Waals surface area (Å²) in [6.45, 7) is 0.526. The van der Waals surface area contributed by atoms with E-state index in [9.17, 15) is 9.90 Å². The lowest BCUT2D eigenvalue weighted by Crippen LogP contribution is -2.02. The number of rotatable bonds is 3. The third-order valence-electron chi connectivity index (χ3n) is 3.33. The van der Waals surface area contributed by atoms with Crippen molar-refractivity contribution in [3.05, 3.63) is 65.4 Å². The molecule has 0 aliphatic carbocycles. The minimum Gasteiger partial charge on any atom is -0.478 e. The number of hydrogen-bond donors (Lipinski definition) is 1. The lowest BCUT2D eigenvalue weighted by atomic mass is 10.1. The van der Waals surface area contributed by atoms with E-state index in [0.29, 0.717) is 17.5 Å². The molecule has 0 saturated carbocycles. The van der Waals surface area contributed by atoms with E-state index in [2.05, 4.69) is 11.2 Å². The van der Waals surface area contributed by atoms with Crippen molar-refractivity contribution < 1.29 is 9.90 Å². The number of carboxylic acids is 1. The van der Waals surface area contributed by atoms with E-state index in [1.165, 1.54) is 0 Å². The van der Waals surface area contributed by atoms with Gasteiger partial charge in [0.1, 0.15) is 0 Å². The molecular formula is C16H11N3O2. The highest BCUT2D eigenvalue weighted by Crippen LogP contribution is 2.19. The summed E-state index contributed by atoms with van der Waals surface area (Å²) in [5.74, 6) is -0.960. The van der Waals surface area contributed by atoms with Gasteiger partial charge < -0.3 is 5.11 Å². The average Bonchev–Trinajstić information content (AvgIpc) is 2.91. The lowest BCUT2D eigenvalue weighted by molar-refractivity contribution is 0.0699. The highest BCUT2D eigenvalue weighted by Gasteiger charge is 2.11. The van der Waals surface area contributed by atoms with Crippen LogP contribution in [0.4, 0.5) is 0 Å². The summed E-state index contributed by atoms with van der Waals surface area (Å²) in [6, 6.07) is 14.4. The average molecular weight is 277 g/mol. The molecule has 0 saturated heterocycles. The van der Waals surface area contributed by atoms with Crippen molar-refractivity contribution >= 4 is 16.9 Å². The van der Waals surface area contributed by atoms with Crippen molar-refractivity contribution in [2.75, 3.05) is 0 Å². The van der Waals surface area contributed by atoms with Gasteiger partial charge in [-0.15, -0.1) is 0 Å². The monoisotopic (exact) mass is 277 g/mol. The number of fused-ring (bicyclic) bond motifs is 1. The van der Waals surface area contributed by atoms with Gasteiger partial charge in [0.15, 0.2) is 0 Å². The fourth-order valence-electron chi connectivity index (χ4n) is 2.27. The van der Waals surface area contributed by atoms with Crippen molar-refractivity contribution in [2.45, 2.75) is 6.54 Å². The Morgan fingerprint density at radius 1 is 1.24 bits per heavy atom. The van der Waals surface area contributed by atoms with Crippen LogP contribution in [0, 0.1) is 11.3 Å². The van der Waals surface area contributed by atoms with Crippen LogP contribution in [0.3, 0.4) is 0 Å². The van der Waals surface area contributed by atoms with E-state index >= 15 is 0 Å². The number of nitriles is 1. The number of aromatic nitrogens is 2. The Bertz CT molecular complexity index is 857. The maximum atomic E-state index is 11.2. The molecule has 1 heterocycles. The molecular weight excluding hydrogens is 266 g/mol. The smallest absolute Gasteiger partial charge is 0.336 e. The first-order valence-corrected chi connectivity index (χ1v) is 6.36. The van der Waals surface area contributed by atoms with Crippen LogP contribution in [0.2, 0.25) is 0 Å². The maximum Gasteiger partial charge on any atom is 0.336 e. The molecule has 1 N–H and O–H groups in total. The molecule has 1 aromatic heterocycles. The summed E-state index contributed by atoms with van der Waals surface area (Å²) < 4.78 is 1.75. The Kier molecular flexibility index (Phi) is 3.13. The van der Waals surface area contributed by atoms with E-state index in [1.807, 2.05) is 18.2 Å². The third kappa shape index (κ3) is 2.35. The first kappa shape index (κ1) is 12.9. The summed E-state index contributed by atoms with van der Waals surface area (Å²) in [5.41, 5.74) is 2.63. The van der Waals surface area contributed by atoms with E-state index in [-0.39, 0.29) is 5.56 Å². The number of aromatic carboxylic acids is 1. The molecule has 0 amide bonds. The predicted octanol–water partition coefficient (Wildman–Crippen LogP) is 2.65. The molecule has 0 aliphatic heterocycles. The zero-order chi connectivity index (χ0) is 14.8. The molecule has 3 rings (SSSR count). The van der Waals surface area contributed by atoms with Gasteiger partial charge >= 0.3 is 5.97 Å². The highest BCUT2D eigenvalue weighted by molar-refractivity contribution is 6.02. The molecule has 0 spiro atoms. The zero-order valence-corrected chi connectivity index (χ0v) is 11.0. The summed E-state index contributed by atoms with van der Waals surface area (Å²) >= 11 is 0. The Morgan fingerprint density at radius 2 is 2.00 bits per heavy atom. The Hall–Kier alpha value is -3.13.